The molecule has 0 aliphatic carbocycles. The fourth-order valence-corrected chi connectivity index (χ4v) is 0.623. The summed E-state index contributed by atoms with van der Waals surface area (Å²) in [7, 11) is 0. The van der Waals surface area contributed by atoms with Crippen LogP contribution in [0.25, 0.3) is 0 Å². The minimum absolute atomic E-state index is 0.204. The molecule has 1 amide bonds. The molecule has 0 bridgehead atoms. The van der Waals surface area contributed by atoms with Gasteiger partial charge in [-0.3, -0.25) is 4.79 Å². The van der Waals surface area contributed by atoms with Crippen molar-refractivity contribution in [3.63, 3.8) is 0 Å². The summed E-state index contributed by atoms with van der Waals surface area (Å²) in [4.78, 5) is 10.1. The molecule has 1 fully saturated rings. The third kappa shape index (κ3) is 6.09. The zero-order chi connectivity index (χ0) is 9.40. The monoisotopic (exact) mass is 177 g/mol. The predicted molar refractivity (Wildman–Crippen MR) is 42.4 cm³/mol. The standard InChI is InChI=1S/C4H7NO.C3H8O3/c6-4-2-1-3-5-4;4-1-3(6)2-5/h1-3H2,(H,5,6);3-6H,1-2H2. The highest BCUT2D eigenvalue weighted by Gasteiger charge is 2.05. The van der Waals surface area contributed by atoms with Gasteiger partial charge in [-0.1, -0.05) is 0 Å². The minimum atomic E-state index is -0.954. The van der Waals surface area contributed by atoms with Gasteiger partial charge in [-0.15, -0.1) is 0 Å². The highest BCUT2D eigenvalue weighted by molar-refractivity contribution is 5.77. The van der Waals surface area contributed by atoms with Crippen LogP contribution in [-0.4, -0.2) is 47.1 Å². The van der Waals surface area contributed by atoms with Crippen LogP contribution in [0.15, 0.2) is 0 Å². The fraction of sp³-hybridized carbons (Fsp3) is 0.857. The summed E-state index contributed by atoms with van der Waals surface area (Å²) >= 11 is 0. The second kappa shape index (κ2) is 7.02. The van der Waals surface area contributed by atoms with E-state index in [0.717, 1.165) is 19.4 Å². The Bertz CT molecular complexity index is 117. The fourth-order valence-electron chi connectivity index (χ4n) is 0.623. The first-order valence-corrected chi connectivity index (χ1v) is 3.87. The van der Waals surface area contributed by atoms with E-state index in [2.05, 4.69) is 5.32 Å². The molecule has 0 aromatic rings. The maximum Gasteiger partial charge on any atom is 0.220 e. The van der Waals surface area contributed by atoms with Gasteiger partial charge in [0.1, 0.15) is 6.10 Å². The molecule has 5 heteroatoms. The zero-order valence-corrected chi connectivity index (χ0v) is 6.86. The van der Waals surface area contributed by atoms with Gasteiger partial charge in [0, 0.05) is 13.0 Å². The van der Waals surface area contributed by atoms with Crippen molar-refractivity contribution in [1.82, 2.24) is 5.32 Å². The summed E-state index contributed by atoms with van der Waals surface area (Å²) in [5.74, 6) is 0.204. The Kier molecular flexibility index (Phi) is 6.64. The lowest BCUT2D eigenvalue weighted by molar-refractivity contribution is -0.119. The Labute approximate surface area is 71.0 Å². The van der Waals surface area contributed by atoms with Gasteiger partial charge in [-0.25, -0.2) is 0 Å². The van der Waals surface area contributed by atoms with Crippen LogP contribution in [0.2, 0.25) is 0 Å². The van der Waals surface area contributed by atoms with Gasteiger partial charge in [0.25, 0.3) is 0 Å². The molecule has 5 nitrogen and oxygen atoms in total. The van der Waals surface area contributed by atoms with Crippen LogP contribution in [0.3, 0.4) is 0 Å². The minimum Gasteiger partial charge on any atom is -0.394 e. The predicted octanol–water partition coefficient (Wildman–Crippen LogP) is -1.77. The maximum atomic E-state index is 10.1. The molecule has 0 aromatic carbocycles. The Morgan fingerprint density at radius 1 is 1.42 bits per heavy atom. The number of aliphatic hydroxyl groups is 3. The quantitative estimate of drug-likeness (QED) is 0.402. The van der Waals surface area contributed by atoms with E-state index < -0.39 is 6.10 Å². The Balaban J connectivity index is 0.000000202. The lowest BCUT2D eigenvalue weighted by atomic mass is 10.4. The van der Waals surface area contributed by atoms with Gasteiger partial charge >= 0.3 is 0 Å². The highest BCUT2D eigenvalue weighted by Crippen LogP contribution is 1.93. The lowest BCUT2D eigenvalue weighted by Crippen LogP contribution is -2.15. The molecule has 12 heavy (non-hydrogen) atoms. The molecule has 0 spiro atoms. The largest absolute Gasteiger partial charge is 0.394 e. The molecule has 0 radical (unpaired) electrons. The van der Waals surface area contributed by atoms with Crippen LogP contribution in [0.5, 0.6) is 0 Å². The molecular formula is C7H15NO4. The first-order valence-electron chi connectivity index (χ1n) is 3.87. The van der Waals surface area contributed by atoms with Gasteiger partial charge in [-0.05, 0) is 6.42 Å². The van der Waals surface area contributed by atoms with E-state index in [1.807, 2.05) is 0 Å². The van der Waals surface area contributed by atoms with E-state index >= 15 is 0 Å². The van der Waals surface area contributed by atoms with Crippen LogP contribution in [-0.2, 0) is 4.79 Å². The molecule has 72 valence electrons. The second-order valence-electron chi connectivity index (χ2n) is 2.47. The number of hydrogen-bond donors (Lipinski definition) is 4. The highest BCUT2D eigenvalue weighted by atomic mass is 16.3. The van der Waals surface area contributed by atoms with Gasteiger partial charge < -0.3 is 20.6 Å². The molecule has 0 aromatic heterocycles. The molecule has 4 N–H and O–H groups in total. The Morgan fingerprint density at radius 2 is 2.00 bits per heavy atom. The summed E-state index contributed by atoms with van der Waals surface area (Å²) in [5, 5.41) is 26.7. The smallest absolute Gasteiger partial charge is 0.220 e. The summed E-state index contributed by atoms with van der Waals surface area (Å²) in [6, 6.07) is 0. The molecule has 0 atom stereocenters. The third-order valence-electron chi connectivity index (χ3n) is 1.32. The lowest BCUT2D eigenvalue weighted by Gasteiger charge is -1.96. The normalized spacial score (nSPS) is 15.5. The van der Waals surface area contributed by atoms with Crippen LogP contribution < -0.4 is 5.32 Å². The summed E-state index contributed by atoms with van der Waals surface area (Å²) < 4.78 is 0. The van der Waals surface area contributed by atoms with Crippen molar-refractivity contribution in [2.75, 3.05) is 19.8 Å². The number of rotatable bonds is 2. The van der Waals surface area contributed by atoms with E-state index in [4.69, 9.17) is 15.3 Å². The van der Waals surface area contributed by atoms with Crippen molar-refractivity contribution in [3.05, 3.63) is 0 Å². The molecular weight excluding hydrogens is 162 g/mol. The van der Waals surface area contributed by atoms with Gasteiger partial charge in [0.15, 0.2) is 0 Å². The number of hydrogen-bond acceptors (Lipinski definition) is 4. The van der Waals surface area contributed by atoms with E-state index in [1.165, 1.54) is 0 Å². The van der Waals surface area contributed by atoms with E-state index in [1.54, 1.807) is 0 Å². The van der Waals surface area contributed by atoms with Crippen molar-refractivity contribution < 1.29 is 20.1 Å². The van der Waals surface area contributed by atoms with E-state index in [0.29, 0.717) is 0 Å². The average Bonchev–Trinajstić information content (AvgIpc) is 2.55. The number of amides is 1. The van der Waals surface area contributed by atoms with E-state index in [-0.39, 0.29) is 19.1 Å². The molecule has 1 rings (SSSR count). The Hall–Kier alpha value is -0.650. The van der Waals surface area contributed by atoms with Gasteiger partial charge in [0.05, 0.1) is 13.2 Å². The molecule has 0 unspecified atom stereocenters. The Morgan fingerprint density at radius 3 is 2.08 bits per heavy atom. The first-order chi connectivity index (χ1) is 5.70. The van der Waals surface area contributed by atoms with Crippen LogP contribution in [0, 0.1) is 0 Å². The summed E-state index contributed by atoms with van der Waals surface area (Å²) in [6.07, 6.45) is 0.809. The second-order valence-corrected chi connectivity index (χ2v) is 2.47. The SMILES string of the molecule is O=C1CCCN1.OCC(O)CO. The van der Waals surface area contributed by atoms with Crippen molar-refractivity contribution >= 4 is 5.91 Å². The molecule has 0 saturated carbocycles. The maximum absolute atomic E-state index is 10.1. The summed E-state index contributed by atoms with van der Waals surface area (Å²) in [6.45, 7) is 0.159. The van der Waals surface area contributed by atoms with Crippen LogP contribution in [0.4, 0.5) is 0 Å². The van der Waals surface area contributed by atoms with E-state index in [9.17, 15) is 4.79 Å². The molecule has 1 aliphatic rings. The van der Waals surface area contributed by atoms with Crippen LogP contribution >= 0.6 is 0 Å². The van der Waals surface area contributed by atoms with Crippen molar-refractivity contribution in [3.8, 4) is 0 Å². The number of carbonyl (C=O) groups is 1. The van der Waals surface area contributed by atoms with Gasteiger partial charge in [0.2, 0.25) is 5.91 Å². The van der Waals surface area contributed by atoms with Crippen molar-refractivity contribution in [2.24, 2.45) is 0 Å². The van der Waals surface area contributed by atoms with Crippen LogP contribution in [0.1, 0.15) is 12.8 Å². The third-order valence-corrected chi connectivity index (χ3v) is 1.32. The summed E-state index contributed by atoms with van der Waals surface area (Å²) in [5.41, 5.74) is 0. The average molecular weight is 177 g/mol. The molecule has 1 heterocycles. The number of aliphatic hydroxyl groups excluding tert-OH is 3. The molecule has 1 aliphatic heterocycles. The first kappa shape index (κ1) is 11.4. The van der Waals surface area contributed by atoms with Crippen molar-refractivity contribution in [2.45, 2.75) is 18.9 Å². The number of carbonyl (C=O) groups excluding carboxylic acids is 1. The topological polar surface area (TPSA) is 89.8 Å². The molecule has 1 saturated heterocycles. The zero-order valence-electron chi connectivity index (χ0n) is 6.86. The van der Waals surface area contributed by atoms with Crippen molar-refractivity contribution in [1.29, 1.82) is 0 Å². The van der Waals surface area contributed by atoms with Gasteiger partial charge in [-0.2, -0.15) is 0 Å². The number of nitrogens with one attached hydrogen (secondary N) is 1.